The Balaban J connectivity index is 1.81. The second-order valence-corrected chi connectivity index (χ2v) is 7.63. The zero-order valence-corrected chi connectivity index (χ0v) is 16.8. The fraction of sp³-hybridized carbons (Fsp3) is 0.190. The Labute approximate surface area is 168 Å². The molecule has 0 unspecified atom stereocenters. The molecule has 2 aromatic rings. The van der Waals surface area contributed by atoms with E-state index in [4.69, 9.17) is 12.2 Å². The summed E-state index contributed by atoms with van der Waals surface area (Å²) in [5.41, 5.74) is 2.49. The van der Waals surface area contributed by atoms with Crippen molar-refractivity contribution in [1.29, 1.82) is 0 Å². The molecular formula is C21H20N2O2S2. The van der Waals surface area contributed by atoms with Gasteiger partial charge in [0.15, 0.2) is 4.32 Å². The molecule has 138 valence electrons. The van der Waals surface area contributed by atoms with Crippen molar-refractivity contribution in [2.45, 2.75) is 13.8 Å². The van der Waals surface area contributed by atoms with Crippen LogP contribution in [0.3, 0.4) is 0 Å². The maximum Gasteiger partial charge on any atom is 0.273 e. The van der Waals surface area contributed by atoms with Crippen molar-refractivity contribution in [3.05, 3.63) is 70.6 Å². The molecule has 0 radical (unpaired) electrons. The van der Waals surface area contributed by atoms with Gasteiger partial charge in [-0.3, -0.25) is 9.59 Å². The number of rotatable bonds is 5. The molecule has 0 saturated carbocycles. The normalized spacial score (nSPS) is 15.5. The number of amides is 2. The molecule has 6 heteroatoms. The van der Waals surface area contributed by atoms with Crippen LogP contribution in [0, 0.1) is 0 Å². The molecule has 1 fully saturated rings. The molecule has 1 aliphatic rings. The molecule has 4 nitrogen and oxygen atoms in total. The predicted octanol–water partition coefficient (Wildman–Crippen LogP) is 4.57. The van der Waals surface area contributed by atoms with E-state index in [9.17, 15) is 9.59 Å². The minimum absolute atomic E-state index is 0.264. The van der Waals surface area contributed by atoms with Gasteiger partial charge in [0.05, 0.1) is 4.91 Å². The van der Waals surface area contributed by atoms with E-state index in [2.05, 4.69) is 18.7 Å². The van der Waals surface area contributed by atoms with Crippen molar-refractivity contribution < 1.29 is 9.59 Å². The Bertz CT molecular complexity index is 888. The van der Waals surface area contributed by atoms with Gasteiger partial charge >= 0.3 is 0 Å². The van der Waals surface area contributed by atoms with Crippen LogP contribution >= 0.6 is 24.0 Å². The zero-order valence-electron chi connectivity index (χ0n) is 15.2. The van der Waals surface area contributed by atoms with Gasteiger partial charge in [-0.15, -0.1) is 0 Å². The highest BCUT2D eigenvalue weighted by Crippen LogP contribution is 2.33. The van der Waals surface area contributed by atoms with Crippen LogP contribution in [-0.2, 0) is 4.79 Å². The van der Waals surface area contributed by atoms with E-state index >= 15 is 0 Å². The highest BCUT2D eigenvalue weighted by atomic mass is 32.2. The molecule has 27 heavy (non-hydrogen) atoms. The van der Waals surface area contributed by atoms with Crippen molar-refractivity contribution >= 4 is 51.9 Å². The average Bonchev–Trinajstić information content (AvgIpc) is 2.97. The predicted molar refractivity (Wildman–Crippen MR) is 116 cm³/mol. The fourth-order valence-electron chi connectivity index (χ4n) is 2.87. The number of carbonyl (C=O) groups is 2. The van der Waals surface area contributed by atoms with Crippen LogP contribution in [0.2, 0.25) is 0 Å². The highest BCUT2D eigenvalue weighted by Gasteiger charge is 2.37. The molecule has 2 amide bonds. The third kappa shape index (κ3) is 4.12. The number of hydrogen-bond acceptors (Lipinski definition) is 5. The number of nitrogens with zero attached hydrogens (tertiary/aromatic N) is 2. The molecule has 3 rings (SSSR count). The Hall–Kier alpha value is -2.44. The maximum absolute atomic E-state index is 12.7. The van der Waals surface area contributed by atoms with Crippen molar-refractivity contribution in [2.75, 3.05) is 18.0 Å². The second-order valence-electron chi connectivity index (χ2n) is 5.95. The van der Waals surface area contributed by atoms with E-state index in [1.54, 1.807) is 30.3 Å². The summed E-state index contributed by atoms with van der Waals surface area (Å²) in [4.78, 5) is 29.1. The average molecular weight is 397 g/mol. The van der Waals surface area contributed by atoms with Crippen LogP contribution in [0.5, 0.6) is 0 Å². The van der Waals surface area contributed by atoms with E-state index in [0.717, 1.165) is 41.0 Å². The van der Waals surface area contributed by atoms with E-state index < -0.39 is 5.91 Å². The third-order valence-corrected chi connectivity index (χ3v) is 5.64. The number of hydrogen-bond donors (Lipinski definition) is 0. The zero-order chi connectivity index (χ0) is 19.4. The fourth-order valence-corrected chi connectivity index (χ4v) is 4.13. The Kier molecular flexibility index (Phi) is 6.08. The quantitative estimate of drug-likeness (QED) is 0.420. The van der Waals surface area contributed by atoms with Crippen molar-refractivity contribution in [1.82, 2.24) is 4.90 Å². The van der Waals surface area contributed by atoms with E-state index in [1.165, 1.54) is 0 Å². The van der Waals surface area contributed by atoms with Gasteiger partial charge in [-0.1, -0.05) is 54.3 Å². The summed E-state index contributed by atoms with van der Waals surface area (Å²) in [6, 6.07) is 16.7. The molecule has 1 aliphatic heterocycles. The van der Waals surface area contributed by atoms with Gasteiger partial charge in [-0.25, -0.2) is 4.90 Å². The molecule has 0 bridgehead atoms. The van der Waals surface area contributed by atoms with Crippen molar-refractivity contribution in [3.63, 3.8) is 0 Å². The van der Waals surface area contributed by atoms with Gasteiger partial charge in [-0.05, 0) is 49.8 Å². The first-order valence-electron chi connectivity index (χ1n) is 8.77. The van der Waals surface area contributed by atoms with Gasteiger partial charge in [0.1, 0.15) is 0 Å². The molecule has 1 saturated heterocycles. The first kappa shape index (κ1) is 19.3. The first-order valence-corrected chi connectivity index (χ1v) is 10.00. The lowest BCUT2D eigenvalue weighted by atomic mass is 10.1. The van der Waals surface area contributed by atoms with Crippen LogP contribution in [0.15, 0.2) is 59.5 Å². The minimum Gasteiger partial charge on any atom is -0.372 e. The minimum atomic E-state index is -0.390. The van der Waals surface area contributed by atoms with Gasteiger partial charge in [-0.2, -0.15) is 0 Å². The lowest BCUT2D eigenvalue weighted by Gasteiger charge is -2.20. The number of carbonyl (C=O) groups excluding carboxylic acids is 2. The van der Waals surface area contributed by atoms with Gasteiger partial charge in [0, 0.05) is 24.3 Å². The smallest absolute Gasteiger partial charge is 0.273 e. The number of imide groups is 1. The maximum atomic E-state index is 12.7. The summed E-state index contributed by atoms with van der Waals surface area (Å²) in [6.07, 6.45) is 1.78. The Morgan fingerprint density at radius 2 is 1.70 bits per heavy atom. The van der Waals surface area contributed by atoms with Crippen LogP contribution in [-0.4, -0.2) is 34.1 Å². The molecule has 0 atom stereocenters. The number of thiocarbonyl (C=S) groups is 1. The Morgan fingerprint density at radius 1 is 1.07 bits per heavy atom. The molecule has 0 spiro atoms. The summed E-state index contributed by atoms with van der Waals surface area (Å²) < 4.78 is 0.264. The van der Waals surface area contributed by atoms with Crippen molar-refractivity contribution in [3.8, 4) is 0 Å². The number of benzene rings is 2. The summed E-state index contributed by atoms with van der Waals surface area (Å²) in [6.45, 7) is 6.12. The van der Waals surface area contributed by atoms with Gasteiger partial charge < -0.3 is 4.90 Å². The molecule has 0 N–H and O–H groups in total. The van der Waals surface area contributed by atoms with E-state index in [-0.39, 0.29) is 10.2 Å². The first-order chi connectivity index (χ1) is 13.0. The van der Waals surface area contributed by atoms with Crippen LogP contribution in [0.1, 0.15) is 29.8 Å². The Morgan fingerprint density at radius 3 is 2.30 bits per heavy atom. The standard InChI is InChI=1S/C21H20N2O2S2/c1-3-22(4-2)17-12-10-15(11-13-17)14-18-20(25)23(21(26)27-18)19(24)16-8-6-5-7-9-16/h5-14H,3-4H2,1-2H3. The number of thioether (sulfide) groups is 1. The van der Waals surface area contributed by atoms with Crippen LogP contribution < -0.4 is 4.90 Å². The third-order valence-electron chi connectivity index (χ3n) is 4.34. The van der Waals surface area contributed by atoms with E-state index in [0.29, 0.717) is 10.5 Å². The molecular weight excluding hydrogens is 376 g/mol. The molecule has 1 heterocycles. The summed E-state index contributed by atoms with van der Waals surface area (Å²) >= 11 is 6.43. The monoisotopic (exact) mass is 396 g/mol. The van der Waals surface area contributed by atoms with Gasteiger partial charge in [0.25, 0.3) is 11.8 Å². The second kappa shape index (κ2) is 8.50. The SMILES string of the molecule is CCN(CC)c1ccc(C=C2SC(=S)N(C(=O)c3ccccc3)C2=O)cc1. The molecule has 0 aromatic heterocycles. The number of anilines is 1. The van der Waals surface area contributed by atoms with Crippen LogP contribution in [0.25, 0.3) is 6.08 Å². The summed E-state index contributed by atoms with van der Waals surface area (Å²) in [7, 11) is 0. The largest absolute Gasteiger partial charge is 0.372 e. The summed E-state index contributed by atoms with van der Waals surface area (Å²) in [5, 5.41) is 0. The van der Waals surface area contributed by atoms with Crippen molar-refractivity contribution in [2.24, 2.45) is 0 Å². The topological polar surface area (TPSA) is 40.6 Å². The summed E-state index contributed by atoms with van der Waals surface area (Å²) in [5.74, 6) is -0.759. The molecule has 0 aliphatic carbocycles. The highest BCUT2D eigenvalue weighted by molar-refractivity contribution is 8.26. The van der Waals surface area contributed by atoms with Crippen LogP contribution in [0.4, 0.5) is 5.69 Å². The van der Waals surface area contributed by atoms with E-state index in [1.807, 2.05) is 30.3 Å². The molecule has 2 aromatic carbocycles. The lowest BCUT2D eigenvalue weighted by molar-refractivity contribution is -0.120. The van der Waals surface area contributed by atoms with Gasteiger partial charge in [0.2, 0.25) is 0 Å². The lowest BCUT2D eigenvalue weighted by Crippen LogP contribution is -2.34.